The fraction of sp³-hybridized carbons (Fsp3) is 0.545. The molecule has 0 amide bonds. The van der Waals surface area contributed by atoms with Crippen LogP contribution < -0.4 is 16.0 Å². The summed E-state index contributed by atoms with van der Waals surface area (Å²) < 4.78 is 5.86. The summed E-state index contributed by atoms with van der Waals surface area (Å²) in [6.07, 6.45) is 4.18. The van der Waals surface area contributed by atoms with E-state index in [1.807, 2.05) is 0 Å². The van der Waals surface area contributed by atoms with E-state index in [4.69, 9.17) is 10.5 Å². The Morgan fingerprint density at radius 2 is 1.73 bits per heavy atom. The van der Waals surface area contributed by atoms with Crippen LogP contribution in [0.3, 0.4) is 0 Å². The Morgan fingerprint density at radius 3 is 2.46 bits per heavy atom. The molecule has 0 radical (unpaired) electrons. The second-order valence-electron chi connectivity index (χ2n) is 8.22. The highest BCUT2D eigenvalue weighted by atomic mass is 16.5. The fourth-order valence-corrected chi connectivity index (χ4v) is 4.37. The molecular weight excluding hydrogens is 322 g/mol. The summed E-state index contributed by atoms with van der Waals surface area (Å²) in [4.78, 5) is 2.44. The van der Waals surface area contributed by atoms with Crippen molar-refractivity contribution in [2.45, 2.75) is 51.4 Å². The molecule has 140 valence electrons. The number of ether oxygens (including phenoxy) is 1. The molecule has 2 fully saturated rings. The number of nitrogens with one attached hydrogen (secondary N) is 1. The second kappa shape index (κ2) is 7.45. The molecule has 26 heavy (non-hydrogen) atoms. The van der Waals surface area contributed by atoms with Gasteiger partial charge in [0.05, 0.1) is 12.2 Å². The molecule has 0 bridgehead atoms. The first-order valence-corrected chi connectivity index (χ1v) is 10.0. The molecule has 4 rings (SSSR count). The van der Waals surface area contributed by atoms with Crippen LogP contribution in [0.2, 0.25) is 0 Å². The Kier molecular flexibility index (Phi) is 5.05. The van der Waals surface area contributed by atoms with Crippen molar-refractivity contribution in [1.29, 1.82) is 0 Å². The van der Waals surface area contributed by atoms with Gasteiger partial charge in [-0.1, -0.05) is 12.1 Å². The minimum Gasteiger partial charge on any atom is -0.385 e. The number of anilines is 2. The van der Waals surface area contributed by atoms with Gasteiger partial charge in [-0.05, 0) is 74.1 Å². The number of rotatable bonds is 5. The van der Waals surface area contributed by atoms with Crippen LogP contribution in [-0.4, -0.2) is 37.9 Å². The average Bonchev–Trinajstić information content (AvgIpc) is 2.59. The van der Waals surface area contributed by atoms with Crippen molar-refractivity contribution in [3.05, 3.63) is 36.4 Å². The van der Waals surface area contributed by atoms with E-state index < -0.39 is 0 Å². The summed E-state index contributed by atoms with van der Waals surface area (Å²) >= 11 is 0. The minimum absolute atomic E-state index is 0.284. The SMILES string of the molecule is C[C@@H]1CN(c2ccc3cc(NCCC4CC(N)C4)ccc3c2)C[C@H](C)O1. The van der Waals surface area contributed by atoms with Crippen molar-refractivity contribution in [1.82, 2.24) is 0 Å². The van der Waals surface area contributed by atoms with Gasteiger partial charge in [0.1, 0.15) is 0 Å². The molecule has 0 aromatic heterocycles. The topological polar surface area (TPSA) is 50.5 Å². The zero-order valence-electron chi connectivity index (χ0n) is 15.9. The molecular formula is C22H31N3O. The van der Waals surface area contributed by atoms with Gasteiger partial charge in [0.2, 0.25) is 0 Å². The van der Waals surface area contributed by atoms with Gasteiger partial charge in [-0.25, -0.2) is 0 Å². The number of fused-ring (bicyclic) bond motifs is 1. The first kappa shape index (κ1) is 17.6. The molecule has 1 aliphatic heterocycles. The van der Waals surface area contributed by atoms with Gasteiger partial charge in [-0.3, -0.25) is 0 Å². The highest BCUT2D eigenvalue weighted by molar-refractivity contribution is 5.88. The molecule has 1 saturated carbocycles. The molecule has 2 aromatic rings. The summed E-state index contributed by atoms with van der Waals surface area (Å²) in [7, 11) is 0. The molecule has 1 heterocycles. The number of nitrogens with zero attached hydrogens (tertiary/aromatic N) is 1. The monoisotopic (exact) mass is 353 g/mol. The Balaban J connectivity index is 1.41. The Bertz CT molecular complexity index is 746. The lowest BCUT2D eigenvalue weighted by molar-refractivity contribution is -0.00521. The van der Waals surface area contributed by atoms with Crippen LogP contribution in [0, 0.1) is 5.92 Å². The number of morpholine rings is 1. The normalized spacial score (nSPS) is 28.8. The molecule has 0 unspecified atom stereocenters. The van der Waals surface area contributed by atoms with Crippen molar-refractivity contribution >= 4 is 22.1 Å². The van der Waals surface area contributed by atoms with E-state index in [0.717, 1.165) is 25.6 Å². The quantitative estimate of drug-likeness (QED) is 0.853. The summed E-state index contributed by atoms with van der Waals surface area (Å²) in [5.74, 6) is 0.818. The third-order valence-corrected chi connectivity index (χ3v) is 5.76. The largest absolute Gasteiger partial charge is 0.385 e. The van der Waals surface area contributed by atoms with Crippen molar-refractivity contribution in [3.63, 3.8) is 0 Å². The number of nitrogens with two attached hydrogens (primary N) is 1. The maximum Gasteiger partial charge on any atom is 0.0726 e. The number of hydrogen-bond acceptors (Lipinski definition) is 4. The van der Waals surface area contributed by atoms with Crippen LogP contribution in [0.5, 0.6) is 0 Å². The van der Waals surface area contributed by atoms with Crippen LogP contribution >= 0.6 is 0 Å². The van der Waals surface area contributed by atoms with Crippen LogP contribution in [0.15, 0.2) is 36.4 Å². The van der Waals surface area contributed by atoms with Gasteiger partial charge in [0.15, 0.2) is 0 Å². The predicted molar refractivity (Wildman–Crippen MR) is 110 cm³/mol. The summed E-state index contributed by atoms with van der Waals surface area (Å²) in [5.41, 5.74) is 8.37. The van der Waals surface area contributed by atoms with Gasteiger partial charge in [0.25, 0.3) is 0 Å². The molecule has 2 aromatic carbocycles. The second-order valence-corrected chi connectivity index (χ2v) is 8.22. The van der Waals surface area contributed by atoms with Crippen molar-refractivity contribution in [3.8, 4) is 0 Å². The third-order valence-electron chi connectivity index (χ3n) is 5.76. The molecule has 3 N–H and O–H groups in total. The number of benzene rings is 2. The Hall–Kier alpha value is -1.78. The summed E-state index contributed by atoms with van der Waals surface area (Å²) in [6, 6.07) is 13.9. The van der Waals surface area contributed by atoms with Gasteiger partial charge < -0.3 is 20.7 Å². The van der Waals surface area contributed by atoms with E-state index in [2.05, 4.69) is 60.5 Å². The molecule has 0 spiro atoms. The Morgan fingerprint density at radius 1 is 1.04 bits per heavy atom. The van der Waals surface area contributed by atoms with Gasteiger partial charge in [0, 0.05) is 37.1 Å². The lowest BCUT2D eigenvalue weighted by atomic mass is 9.79. The van der Waals surface area contributed by atoms with Gasteiger partial charge in [-0.15, -0.1) is 0 Å². The maximum absolute atomic E-state index is 5.86. The predicted octanol–water partition coefficient (Wildman–Crippen LogP) is 3.99. The standard InChI is InChI=1S/C22H31N3O/c1-15-13-25(14-16(2)26-15)22-6-4-18-11-21(5-3-19(18)12-22)24-8-7-17-9-20(23)10-17/h3-6,11-12,15-17,20,24H,7-10,13-14,23H2,1-2H3/t15-,16+,17?,20?. The van der Waals surface area contributed by atoms with Crippen LogP contribution in [-0.2, 0) is 4.74 Å². The Labute approximate surface area is 156 Å². The van der Waals surface area contributed by atoms with Gasteiger partial charge >= 0.3 is 0 Å². The van der Waals surface area contributed by atoms with E-state index in [9.17, 15) is 0 Å². The van der Waals surface area contributed by atoms with E-state index in [-0.39, 0.29) is 12.2 Å². The summed E-state index contributed by atoms with van der Waals surface area (Å²) in [5, 5.41) is 6.16. The average molecular weight is 354 g/mol. The van der Waals surface area contributed by atoms with Crippen molar-refractivity contribution in [2.24, 2.45) is 11.7 Å². The lowest BCUT2D eigenvalue weighted by Crippen LogP contribution is -2.45. The highest BCUT2D eigenvalue weighted by Gasteiger charge is 2.25. The smallest absolute Gasteiger partial charge is 0.0726 e. The van der Waals surface area contributed by atoms with E-state index in [1.54, 1.807) is 0 Å². The molecule has 4 nitrogen and oxygen atoms in total. The van der Waals surface area contributed by atoms with Crippen LogP contribution in [0.4, 0.5) is 11.4 Å². The maximum atomic E-state index is 5.86. The first-order valence-electron chi connectivity index (χ1n) is 10.0. The van der Waals surface area contributed by atoms with E-state index in [0.29, 0.717) is 6.04 Å². The molecule has 1 saturated heterocycles. The van der Waals surface area contributed by atoms with E-state index in [1.165, 1.54) is 41.4 Å². The molecule has 4 heteroatoms. The molecule has 1 aliphatic carbocycles. The minimum atomic E-state index is 0.284. The van der Waals surface area contributed by atoms with Crippen molar-refractivity contribution in [2.75, 3.05) is 29.9 Å². The van der Waals surface area contributed by atoms with E-state index >= 15 is 0 Å². The lowest BCUT2D eigenvalue weighted by Gasteiger charge is -2.37. The van der Waals surface area contributed by atoms with Crippen LogP contribution in [0.25, 0.3) is 10.8 Å². The zero-order chi connectivity index (χ0) is 18.1. The highest BCUT2D eigenvalue weighted by Crippen LogP contribution is 2.29. The van der Waals surface area contributed by atoms with Crippen molar-refractivity contribution < 1.29 is 4.74 Å². The fourth-order valence-electron chi connectivity index (χ4n) is 4.37. The summed E-state index contributed by atoms with van der Waals surface area (Å²) in [6.45, 7) is 7.25. The number of hydrogen-bond donors (Lipinski definition) is 2. The first-order chi connectivity index (χ1) is 12.6. The molecule has 2 aliphatic rings. The molecule has 2 atom stereocenters. The third kappa shape index (κ3) is 3.97. The van der Waals surface area contributed by atoms with Gasteiger partial charge in [-0.2, -0.15) is 0 Å². The van der Waals surface area contributed by atoms with Crippen LogP contribution in [0.1, 0.15) is 33.1 Å². The zero-order valence-corrected chi connectivity index (χ0v) is 15.9.